The summed E-state index contributed by atoms with van der Waals surface area (Å²) in [6.45, 7) is 0. The van der Waals surface area contributed by atoms with Crippen LogP contribution in [-0.4, -0.2) is 4.98 Å². The molecule has 0 radical (unpaired) electrons. The molecule has 0 aliphatic carbocycles. The molecule has 1 aromatic heterocycles. The molecule has 0 amide bonds. The minimum Gasteiger partial charge on any atom is -0.452 e. The Morgan fingerprint density at radius 2 is 1.80 bits per heavy atom. The van der Waals surface area contributed by atoms with E-state index in [1.54, 1.807) is 12.1 Å². The fraction of sp³-hybridized carbons (Fsp3) is 0. The first kappa shape index (κ1) is 12.3. The van der Waals surface area contributed by atoms with Gasteiger partial charge < -0.3 is 10.5 Å². The summed E-state index contributed by atoms with van der Waals surface area (Å²) in [5.74, 6) is -0.709. The molecule has 1 heterocycles. The van der Waals surface area contributed by atoms with Crippen molar-refractivity contribution in [3.63, 3.8) is 0 Å². The summed E-state index contributed by atoms with van der Waals surface area (Å²) in [5.41, 5.74) is 6.37. The zero-order valence-electron chi connectivity index (χ0n) is 10.3. The van der Waals surface area contributed by atoms with Crippen molar-refractivity contribution >= 4 is 16.6 Å². The predicted molar refractivity (Wildman–Crippen MR) is 72.6 cm³/mol. The maximum atomic E-state index is 14.0. The second-order valence-electron chi connectivity index (χ2n) is 4.23. The van der Waals surface area contributed by atoms with Crippen molar-refractivity contribution in [1.29, 1.82) is 0 Å². The molecule has 3 rings (SSSR count). The first-order valence-electron chi connectivity index (χ1n) is 5.91. The Morgan fingerprint density at radius 3 is 2.55 bits per heavy atom. The molecule has 3 nitrogen and oxygen atoms in total. The molecule has 0 spiro atoms. The Hall–Kier alpha value is -2.69. The first-order chi connectivity index (χ1) is 9.65. The van der Waals surface area contributed by atoms with Gasteiger partial charge in [-0.25, -0.2) is 8.78 Å². The maximum absolute atomic E-state index is 14.0. The monoisotopic (exact) mass is 272 g/mol. The molecule has 0 atom stereocenters. The molecule has 0 saturated heterocycles. The molecule has 0 saturated carbocycles. The number of hydrogen-bond acceptors (Lipinski definition) is 3. The number of aromatic nitrogens is 1. The molecule has 0 aliphatic heterocycles. The van der Waals surface area contributed by atoms with Crippen molar-refractivity contribution in [2.24, 2.45) is 0 Å². The van der Waals surface area contributed by atoms with E-state index in [-0.39, 0.29) is 11.4 Å². The normalized spacial score (nSPS) is 10.7. The zero-order chi connectivity index (χ0) is 14.1. The number of ether oxygens (including phenoxy) is 1. The summed E-state index contributed by atoms with van der Waals surface area (Å²) in [6.07, 6.45) is 1.53. The molecule has 3 aromatic rings. The third-order valence-corrected chi connectivity index (χ3v) is 2.87. The number of pyridine rings is 1. The number of nitrogen functional groups attached to an aromatic ring is 1. The van der Waals surface area contributed by atoms with Crippen molar-refractivity contribution in [3.05, 3.63) is 60.3 Å². The second kappa shape index (κ2) is 4.77. The summed E-state index contributed by atoms with van der Waals surface area (Å²) in [5, 5.41) is 0.603. The Labute approximate surface area is 113 Å². The summed E-state index contributed by atoms with van der Waals surface area (Å²) in [7, 11) is 0. The van der Waals surface area contributed by atoms with Crippen LogP contribution in [0.1, 0.15) is 0 Å². The van der Waals surface area contributed by atoms with Crippen molar-refractivity contribution in [2.75, 3.05) is 5.73 Å². The highest BCUT2D eigenvalue weighted by Crippen LogP contribution is 2.34. The largest absolute Gasteiger partial charge is 0.452 e. The quantitative estimate of drug-likeness (QED) is 0.720. The van der Waals surface area contributed by atoms with E-state index in [1.165, 1.54) is 36.5 Å². The minimum atomic E-state index is -0.613. The maximum Gasteiger partial charge on any atom is 0.189 e. The smallest absolute Gasteiger partial charge is 0.189 e. The van der Waals surface area contributed by atoms with Crippen molar-refractivity contribution < 1.29 is 13.5 Å². The van der Waals surface area contributed by atoms with Crippen LogP contribution in [-0.2, 0) is 0 Å². The van der Waals surface area contributed by atoms with Crippen LogP contribution in [0.5, 0.6) is 11.5 Å². The fourth-order valence-electron chi connectivity index (χ4n) is 1.93. The molecule has 100 valence electrons. The number of benzene rings is 2. The molecule has 0 fully saturated rings. The van der Waals surface area contributed by atoms with Gasteiger partial charge in [-0.05, 0) is 36.4 Å². The van der Waals surface area contributed by atoms with E-state index < -0.39 is 11.6 Å². The molecule has 2 aromatic carbocycles. The summed E-state index contributed by atoms with van der Waals surface area (Å²) >= 11 is 0. The van der Waals surface area contributed by atoms with Gasteiger partial charge in [-0.15, -0.1) is 0 Å². The van der Waals surface area contributed by atoms with E-state index in [4.69, 9.17) is 10.5 Å². The van der Waals surface area contributed by atoms with Gasteiger partial charge in [0.05, 0.1) is 0 Å². The number of fused-ring (bicyclic) bond motifs is 1. The van der Waals surface area contributed by atoms with Gasteiger partial charge in [0.25, 0.3) is 0 Å². The van der Waals surface area contributed by atoms with Gasteiger partial charge in [-0.2, -0.15) is 0 Å². The van der Waals surface area contributed by atoms with Crippen molar-refractivity contribution in [3.8, 4) is 11.5 Å². The molecular formula is C15H10F2N2O. The number of nitrogens with two attached hydrogens (primary N) is 1. The van der Waals surface area contributed by atoms with Gasteiger partial charge in [0.2, 0.25) is 0 Å². The molecular weight excluding hydrogens is 262 g/mol. The second-order valence-corrected chi connectivity index (χ2v) is 4.23. The number of nitrogens with zero attached hydrogens (tertiary/aromatic N) is 1. The summed E-state index contributed by atoms with van der Waals surface area (Å²) < 4.78 is 32.4. The van der Waals surface area contributed by atoms with Crippen LogP contribution < -0.4 is 10.5 Å². The van der Waals surface area contributed by atoms with Gasteiger partial charge in [-0.1, -0.05) is 0 Å². The van der Waals surface area contributed by atoms with E-state index in [2.05, 4.69) is 4.98 Å². The molecule has 5 heteroatoms. The number of halogens is 2. The first-order valence-corrected chi connectivity index (χ1v) is 5.91. The SMILES string of the molecule is Nc1cc(F)c(Oc2ccc(F)cc2)c2ncccc12. The lowest BCUT2D eigenvalue weighted by atomic mass is 10.1. The summed E-state index contributed by atoms with van der Waals surface area (Å²) in [4.78, 5) is 4.10. The van der Waals surface area contributed by atoms with Crippen molar-refractivity contribution in [2.45, 2.75) is 0 Å². The zero-order valence-corrected chi connectivity index (χ0v) is 10.3. The standard InChI is InChI=1S/C15H10F2N2O/c16-9-3-5-10(6-4-9)20-15-12(17)8-13(18)11-2-1-7-19-14(11)15/h1-8H,18H2. The third-order valence-electron chi connectivity index (χ3n) is 2.87. The third kappa shape index (κ3) is 2.14. The Morgan fingerprint density at radius 1 is 1.05 bits per heavy atom. The molecule has 0 bridgehead atoms. The Kier molecular flexibility index (Phi) is 2.95. The molecule has 20 heavy (non-hydrogen) atoms. The minimum absolute atomic E-state index is 0.0265. The summed E-state index contributed by atoms with van der Waals surface area (Å²) in [6, 6.07) is 9.93. The predicted octanol–water partition coefficient (Wildman–Crippen LogP) is 3.89. The topological polar surface area (TPSA) is 48.1 Å². The van der Waals surface area contributed by atoms with E-state index >= 15 is 0 Å². The number of hydrogen-bond donors (Lipinski definition) is 1. The fourth-order valence-corrected chi connectivity index (χ4v) is 1.93. The van der Waals surface area contributed by atoms with Gasteiger partial charge in [0, 0.05) is 23.3 Å². The average molecular weight is 272 g/mol. The van der Waals surface area contributed by atoms with Crippen LogP contribution >= 0.6 is 0 Å². The van der Waals surface area contributed by atoms with Crippen LogP contribution in [0, 0.1) is 11.6 Å². The number of anilines is 1. The lowest BCUT2D eigenvalue weighted by Crippen LogP contribution is -1.96. The van der Waals surface area contributed by atoms with Crippen LogP contribution in [0.3, 0.4) is 0 Å². The van der Waals surface area contributed by atoms with Gasteiger partial charge >= 0.3 is 0 Å². The van der Waals surface area contributed by atoms with Crippen LogP contribution in [0.2, 0.25) is 0 Å². The molecule has 0 aliphatic rings. The number of rotatable bonds is 2. The van der Waals surface area contributed by atoms with E-state index in [1.807, 2.05) is 0 Å². The molecule has 2 N–H and O–H groups in total. The lowest BCUT2D eigenvalue weighted by molar-refractivity contribution is 0.446. The van der Waals surface area contributed by atoms with Gasteiger partial charge in [0.1, 0.15) is 17.1 Å². The lowest BCUT2D eigenvalue weighted by Gasteiger charge is -2.11. The molecule has 0 unspecified atom stereocenters. The Balaban J connectivity index is 2.13. The van der Waals surface area contributed by atoms with E-state index in [0.29, 0.717) is 16.7 Å². The van der Waals surface area contributed by atoms with Crippen LogP contribution in [0.25, 0.3) is 10.9 Å². The highest BCUT2D eigenvalue weighted by atomic mass is 19.1. The highest BCUT2D eigenvalue weighted by molar-refractivity contribution is 5.94. The van der Waals surface area contributed by atoms with Crippen LogP contribution in [0.4, 0.5) is 14.5 Å². The van der Waals surface area contributed by atoms with E-state index in [0.717, 1.165) is 0 Å². The van der Waals surface area contributed by atoms with Gasteiger partial charge in [-0.3, -0.25) is 4.98 Å². The Bertz CT molecular complexity index is 773. The highest BCUT2D eigenvalue weighted by Gasteiger charge is 2.14. The average Bonchev–Trinajstić information content (AvgIpc) is 2.45. The van der Waals surface area contributed by atoms with Crippen molar-refractivity contribution in [1.82, 2.24) is 4.98 Å². The van der Waals surface area contributed by atoms with Crippen LogP contribution in [0.15, 0.2) is 48.7 Å². The van der Waals surface area contributed by atoms with Gasteiger partial charge in [0.15, 0.2) is 11.6 Å². The van der Waals surface area contributed by atoms with E-state index in [9.17, 15) is 8.78 Å².